The van der Waals surface area contributed by atoms with Crippen LogP contribution in [0.2, 0.25) is 0 Å². The molecule has 1 atom stereocenters. The number of hydrogen-bond donors (Lipinski definition) is 2. The predicted octanol–water partition coefficient (Wildman–Crippen LogP) is -0.409. The topological polar surface area (TPSA) is 92.5 Å². The number of sulfonamides is 1. The zero-order valence-electron chi connectivity index (χ0n) is 10.5. The number of thiocarbonyl (C=S) groups is 1. The number of piperidine rings is 1. The first-order chi connectivity index (χ1) is 8.25. The minimum absolute atomic E-state index is 0.0148. The summed E-state index contributed by atoms with van der Waals surface area (Å²) in [7, 11) is -3.46. The molecule has 0 aromatic carbocycles. The number of rotatable bonds is 4. The van der Waals surface area contributed by atoms with Gasteiger partial charge in [0, 0.05) is 26.1 Å². The molecule has 0 spiro atoms. The van der Waals surface area contributed by atoms with E-state index in [9.17, 15) is 13.2 Å². The molecule has 104 valence electrons. The van der Waals surface area contributed by atoms with E-state index < -0.39 is 15.3 Å². The van der Waals surface area contributed by atoms with Crippen LogP contribution in [-0.4, -0.2) is 48.0 Å². The van der Waals surface area contributed by atoms with Crippen LogP contribution in [0.15, 0.2) is 0 Å². The van der Waals surface area contributed by atoms with E-state index in [2.05, 4.69) is 5.32 Å². The molecule has 1 heterocycles. The molecule has 0 bridgehead atoms. The number of hydrogen-bond acceptors (Lipinski definition) is 4. The highest BCUT2D eigenvalue weighted by molar-refractivity contribution is 7.92. The summed E-state index contributed by atoms with van der Waals surface area (Å²) in [6, 6.07) is 0.0501. The van der Waals surface area contributed by atoms with E-state index in [0.717, 1.165) is 0 Å². The van der Waals surface area contributed by atoms with Gasteiger partial charge in [0.05, 0.1) is 4.99 Å². The van der Waals surface area contributed by atoms with Crippen LogP contribution in [0.25, 0.3) is 0 Å². The lowest BCUT2D eigenvalue weighted by molar-refractivity contribution is -0.119. The average Bonchev–Trinajstić information content (AvgIpc) is 2.27. The summed E-state index contributed by atoms with van der Waals surface area (Å²) < 4.78 is 25.7. The number of nitrogens with zero attached hydrogens (tertiary/aromatic N) is 1. The number of nitrogens with two attached hydrogens (primary N) is 1. The molecule has 18 heavy (non-hydrogen) atoms. The van der Waals surface area contributed by atoms with Crippen molar-refractivity contribution in [2.24, 2.45) is 5.73 Å². The summed E-state index contributed by atoms with van der Waals surface area (Å²) in [6.45, 7) is 3.73. The quantitative estimate of drug-likeness (QED) is 0.688. The van der Waals surface area contributed by atoms with Gasteiger partial charge in [0.2, 0.25) is 15.9 Å². The van der Waals surface area contributed by atoms with Crippen molar-refractivity contribution < 1.29 is 13.2 Å². The lowest BCUT2D eigenvalue weighted by atomic mass is 10.1. The van der Waals surface area contributed by atoms with Gasteiger partial charge in [-0.25, -0.2) is 12.7 Å². The van der Waals surface area contributed by atoms with Crippen LogP contribution in [0.1, 0.15) is 26.7 Å². The summed E-state index contributed by atoms with van der Waals surface area (Å²) in [4.78, 5) is 10.9. The second-order valence-corrected chi connectivity index (χ2v) is 7.19. The van der Waals surface area contributed by atoms with Crippen LogP contribution in [-0.2, 0) is 14.8 Å². The molecule has 1 amide bonds. The van der Waals surface area contributed by atoms with Crippen molar-refractivity contribution >= 4 is 33.1 Å². The maximum atomic E-state index is 12.1. The van der Waals surface area contributed by atoms with E-state index in [1.807, 2.05) is 0 Å². The number of carbonyl (C=O) groups is 1. The Morgan fingerprint density at radius 1 is 1.44 bits per heavy atom. The maximum Gasteiger partial charge on any atom is 0.223 e. The van der Waals surface area contributed by atoms with E-state index in [0.29, 0.717) is 25.9 Å². The van der Waals surface area contributed by atoms with Crippen LogP contribution < -0.4 is 11.1 Å². The molecular weight excluding hydrogens is 274 g/mol. The smallest absolute Gasteiger partial charge is 0.223 e. The van der Waals surface area contributed by atoms with E-state index >= 15 is 0 Å². The summed E-state index contributed by atoms with van der Waals surface area (Å²) in [5, 5.41) is 1.95. The minimum Gasteiger partial charge on any atom is -0.392 e. The first-order valence-electron chi connectivity index (χ1n) is 5.80. The van der Waals surface area contributed by atoms with Gasteiger partial charge in [-0.1, -0.05) is 12.2 Å². The standard InChI is InChI=1S/C10H19N3O3S2/c1-7(10(11)17)18(15,16)13-5-3-9(4-6-13)12-8(2)14/h7,9H,3-6H2,1-2H3,(H2,11,17)(H,12,14). The summed E-state index contributed by atoms with van der Waals surface area (Å²) in [5.74, 6) is -0.0900. The van der Waals surface area contributed by atoms with Crippen LogP contribution in [0.3, 0.4) is 0 Å². The van der Waals surface area contributed by atoms with E-state index in [-0.39, 0.29) is 16.9 Å². The molecule has 0 saturated carbocycles. The van der Waals surface area contributed by atoms with Crippen molar-refractivity contribution in [3.05, 3.63) is 0 Å². The van der Waals surface area contributed by atoms with Crippen LogP contribution in [0.4, 0.5) is 0 Å². The van der Waals surface area contributed by atoms with Crippen molar-refractivity contribution in [2.75, 3.05) is 13.1 Å². The first kappa shape index (κ1) is 15.3. The lowest BCUT2D eigenvalue weighted by Crippen LogP contribution is -2.50. The first-order valence-corrected chi connectivity index (χ1v) is 7.71. The highest BCUT2D eigenvalue weighted by Gasteiger charge is 2.33. The highest BCUT2D eigenvalue weighted by Crippen LogP contribution is 2.17. The molecule has 1 saturated heterocycles. The molecule has 0 aromatic rings. The monoisotopic (exact) mass is 293 g/mol. The Hall–Kier alpha value is -0.730. The van der Waals surface area contributed by atoms with Crippen molar-refractivity contribution in [3.8, 4) is 0 Å². The van der Waals surface area contributed by atoms with Gasteiger partial charge in [-0.05, 0) is 19.8 Å². The van der Waals surface area contributed by atoms with Crippen molar-refractivity contribution in [2.45, 2.75) is 38.0 Å². The largest absolute Gasteiger partial charge is 0.392 e. The molecule has 1 aliphatic rings. The molecule has 6 nitrogen and oxygen atoms in total. The zero-order chi connectivity index (χ0) is 13.9. The van der Waals surface area contributed by atoms with Crippen molar-refractivity contribution in [1.82, 2.24) is 9.62 Å². The third kappa shape index (κ3) is 3.63. The third-order valence-electron chi connectivity index (χ3n) is 3.07. The minimum atomic E-state index is -3.46. The Labute approximate surface area is 113 Å². The molecular formula is C10H19N3O3S2. The van der Waals surface area contributed by atoms with Crippen LogP contribution >= 0.6 is 12.2 Å². The fraction of sp³-hybridized carbons (Fsp3) is 0.800. The molecule has 3 N–H and O–H groups in total. The summed E-state index contributed by atoms with van der Waals surface area (Å²) >= 11 is 4.73. The van der Waals surface area contributed by atoms with Gasteiger partial charge in [-0.15, -0.1) is 0 Å². The lowest BCUT2D eigenvalue weighted by Gasteiger charge is -2.32. The molecule has 1 unspecified atom stereocenters. The van der Waals surface area contributed by atoms with Gasteiger partial charge in [0.15, 0.2) is 0 Å². The number of amides is 1. The highest BCUT2D eigenvalue weighted by atomic mass is 32.2. The Balaban J connectivity index is 2.62. The zero-order valence-corrected chi connectivity index (χ0v) is 12.2. The Kier molecular flexibility index (Phi) is 5.06. The molecule has 8 heteroatoms. The van der Waals surface area contributed by atoms with Crippen molar-refractivity contribution in [3.63, 3.8) is 0 Å². The van der Waals surface area contributed by atoms with Crippen LogP contribution in [0.5, 0.6) is 0 Å². The summed E-state index contributed by atoms with van der Waals surface area (Å²) in [5.41, 5.74) is 5.39. The second-order valence-electron chi connectivity index (χ2n) is 4.46. The second kappa shape index (κ2) is 5.94. The number of nitrogens with one attached hydrogen (secondary N) is 1. The van der Waals surface area contributed by atoms with Gasteiger partial charge in [0.25, 0.3) is 0 Å². The summed E-state index contributed by atoms with van der Waals surface area (Å²) in [6.07, 6.45) is 1.23. The molecule has 0 radical (unpaired) electrons. The molecule has 0 aliphatic carbocycles. The van der Waals surface area contributed by atoms with Gasteiger partial charge < -0.3 is 11.1 Å². The predicted molar refractivity (Wildman–Crippen MR) is 73.6 cm³/mol. The van der Waals surface area contributed by atoms with E-state index in [1.165, 1.54) is 18.2 Å². The average molecular weight is 293 g/mol. The molecule has 1 fully saturated rings. The fourth-order valence-corrected chi connectivity index (χ4v) is 3.74. The molecule has 0 aromatic heterocycles. The SMILES string of the molecule is CC(=O)NC1CCN(S(=O)(=O)C(C)C(N)=S)CC1. The molecule has 1 rings (SSSR count). The Morgan fingerprint density at radius 3 is 2.33 bits per heavy atom. The third-order valence-corrected chi connectivity index (χ3v) is 5.80. The Bertz CT molecular complexity index is 428. The Morgan fingerprint density at radius 2 is 1.94 bits per heavy atom. The van der Waals surface area contributed by atoms with Crippen LogP contribution in [0, 0.1) is 0 Å². The van der Waals surface area contributed by atoms with Gasteiger partial charge in [-0.2, -0.15) is 0 Å². The van der Waals surface area contributed by atoms with E-state index in [1.54, 1.807) is 0 Å². The van der Waals surface area contributed by atoms with Gasteiger partial charge in [0.1, 0.15) is 5.25 Å². The van der Waals surface area contributed by atoms with Crippen molar-refractivity contribution in [1.29, 1.82) is 0 Å². The maximum absolute atomic E-state index is 12.1. The fourth-order valence-electron chi connectivity index (χ4n) is 1.91. The van der Waals surface area contributed by atoms with Gasteiger partial charge >= 0.3 is 0 Å². The normalized spacial score (nSPS) is 20.3. The number of carbonyl (C=O) groups excluding carboxylic acids is 1. The van der Waals surface area contributed by atoms with Gasteiger partial charge in [-0.3, -0.25) is 4.79 Å². The van der Waals surface area contributed by atoms with E-state index in [4.69, 9.17) is 18.0 Å². The molecule has 1 aliphatic heterocycles.